The Kier molecular flexibility index (Phi) is 6.19. The van der Waals surface area contributed by atoms with Crippen LogP contribution in [0.5, 0.6) is 11.5 Å². The van der Waals surface area contributed by atoms with E-state index in [4.69, 9.17) is 4.74 Å². The third kappa shape index (κ3) is 4.74. The van der Waals surface area contributed by atoms with E-state index in [1.165, 1.54) is 0 Å². The number of para-hydroxylation sites is 2. The molecule has 1 amide bonds. The van der Waals surface area contributed by atoms with Gasteiger partial charge in [-0.15, -0.1) is 0 Å². The molecule has 6 heteroatoms. The van der Waals surface area contributed by atoms with Crippen molar-refractivity contribution < 1.29 is 14.6 Å². The number of nitrogens with one attached hydrogen (secondary N) is 2. The number of ether oxygens (including phenoxy) is 1. The molecule has 0 unspecified atom stereocenters. The number of aromatic hydroxyl groups is 1. The molecular weight excluding hydrogens is 306 g/mol. The van der Waals surface area contributed by atoms with Gasteiger partial charge < -0.3 is 15.2 Å². The fourth-order valence-corrected chi connectivity index (χ4v) is 2.14. The van der Waals surface area contributed by atoms with Crippen LogP contribution in [-0.2, 0) is 4.79 Å². The van der Waals surface area contributed by atoms with Gasteiger partial charge in [0.1, 0.15) is 11.5 Å². The number of rotatable bonds is 7. The highest BCUT2D eigenvalue weighted by Crippen LogP contribution is 2.22. The quantitative estimate of drug-likeness (QED) is 0.539. The van der Waals surface area contributed by atoms with Gasteiger partial charge in [0.05, 0.1) is 25.1 Å². The SMILES string of the molecule is CC/C(=N/NC(=O)CNc1ccccc1OC)c1ccc(O)cc1. The van der Waals surface area contributed by atoms with Gasteiger partial charge in [0.15, 0.2) is 0 Å². The summed E-state index contributed by atoms with van der Waals surface area (Å²) in [6.07, 6.45) is 0.658. The molecule has 2 aromatic rings. The number of carbonyl (C=O) groups excluding carboxylic acids is 1. The highest BCUT2D eigenvalue weighted by atomic mass is 16.5. The van der Waals surface area contributed by atoms with Crippen molar-refractivity contribution in [1.29, 1.82) is 0 Å². The Morgan fingerprint density at radius 2 is 1.88 bits per heavy atom. The number of amides is 1. The van der Waals surface area contributed by atoms with Crippen LogP contribution in [0.3, 0.4) is 0 Å². The second-order valence-electron chi connectivity index (χ2n) is 5.05. The summed E-state index contributed by atoms with van der Waals surface area (Å²) in [5.41, 5.74) is 4.87. The summed E-state index contributed by atoms with van der Waals surface area (Å²) in [4.78, 5) is 12.0. The molecule has 0 aromatic heterocycles. The lowest BCUT2D eigenvalue weighted by Crippen LogP contribution is -2.27. The topological polar surface area (TPSA) is 83.0 Å². The fourth-order valence-electron chi connectivity index (χ4n) is 2.14. The van der Waals surface area contributed by atoms with E-state index < -0.39 is 0 Å². The molecule has 0 atom stereocenters. The maximum absolute atomic E-state index is 12.0. The molecule has 0 spiro atoms. The maximum atomic E-state index is 12.0. The standard InChI is InChI=1S/C18H21N3O3/c1-3-15(13-8-10-14(22)11-9-13)20-21-18(23)12-19-16-6-4-5-7-17(16)24-2/h4-11,19,22H,3,12H2,1-2H3,(H,21,23)/b20-15-. The summed E-state index contributed by atoms with van der Waals surface area (Å²) in [7, 11) is 1.58. The van der Waals surface area contributed by atoms with Crippen molar-refractivity contribution >= 4 is 17.3 Å². The van der Waals surface area contributed by atoms with Crippen molar-refractivity contribution in [3.05, 3.63) is 54.1 Å². The van der Waals surface area contributed by atoms with Crippen LogP contribution in [-0.4, -0.2) is 30.4 Å². The van der Waals surface area contributed by atoms with Gasteiger partial charge >= 0.3 is 0 Å². The van der Waals surface area contributed by atoms with Crippen LogP contribution in [0.25, 0.3) is 0 Å². The molecule has 126 valence electrons. The average molecular weight is 327 g/mol. The van der Waals surface area contributed by atoms with Gasteiger partial charge in [-0.05, 0) is 48.4 Å². The van der Waals surface area contributed by atoms with E-state index in [1.54, 1.807) is 31.4 Å². The van der Waals surface area contributed by atoms with Crippen LogP contribution >= 0.6 is 0 Å². The smallest absolute Gasteiger partial charge is 0.259 e. The van der Waals surface area contributed by atoms with E-state index in [2.05, 4.69) is 15.8 Å². The van der Waals surface area contributed by atoms with Gasteiger partial charge in [-0.2, -0.15) is 5.10 Å². The molecule has 0 aliphatic carbocycles. The Morgan fingerprint density at radius 1 is 1.17 bits per heavy atom. The number of hydrogen-bond donors (Lipinski definition) is 3. The van der Waals surface area contributed by atoms with Crippen molar-refractivity contribution in [3.8, 4) is 11.5 Å². The fraction of sp³-hybridized carbons (Fsp3) is 0.222. The molecular formula is C18H21N3O3. The summed E-state index contributed by atoms with van der Waals surface area (Å²) in [5, 5.41) is 16.5. The number of benzene rings is 2. The molecule has 0 fully saturated rings. The number of phenolic OH excluding ortho intramolecular Hbond substituents is 1. The zero-order chi connectivity index (χ0) is 17.4. The third-order valence-corrected chi connectivity index (χ3v) is 3.40. The first-order valence-electron chi connectivity index (χ1n) is 7.65. The molecule has 6 nitrogen and oxygen atoms in total. The molecule has 3 N–H and O–H groups in total. The Labute approximate surface area is 141 Å². The van der Waals surface area contributed by atoms with Gasteiger partial charge in [0, 0.05) is 0 Å². The summed E-state index contributed by atoms with van der Waals surface area (Å²) in [6, 6.07) is 14.1. The maximum Gasteiger partial charge on any atom is 0.259 e. The highest BCUT2D eigenvalue weighted by Gasteiger charge is 2.06. The van der Waals surface area contributed by atoms with Crippen LogP contribution in [0.1, 0.15) is 18.9 Å². The minimum atomic E-state index is -0.259. The molecule has 2 aromatic carbocycles. The summed E-state index contributed by atoms with van der Waals surface area (Å²) >= 11 is 0. The zero-order valence-electron chi connectivity index (χ0n) is 13.7. The van der Waals surface area contributed by atoms with E-state index >= 15 is 0 Å². The Morgan fingerprint density at radius 3 is 2.54 bits per heavy atom. The summed E-state index contributed by atoms with van der Waals surface area (Å²) < 4.78 is 5.22. The van der Waals surface area contributed by atoms with Crippen LogP contribution in [0.2, 0.25) is 0 Å². The number of hydrogen-bond acceptors (Lipinski definition) is 5. The first-order valence-corrected chi connectivity index (χ1v) is 7.65. The lowest BCUT2D eigenvalue weighted by Gasteiger charge is -2.10. The van der Waals surface area contributed by atoms with E-state index in [9.17, 15) is 9.90 Å². The van der Waals surface area contributed by atoms with Gasteiger partial charge in [-0.1, -0.05) is 19.1 Å². The lowest BCUT2D eigenvalue weighted by molar-refractivity contribution is -0.119. The second kappa shape index (κ2) is 8.57. The number of hydrazone groups is 1. The van der Waals surface area contributed by atoms with Gasteiger partial charge in [-0.3, -0.25) is 4.79 Å². The number of methoxy groups -OCH3 is 1. The predicted molar refractivity (Wildman–Crippen MR) is 94.6 cm³/mol. The monoisotopic (exact) mass is 327 g/mol. The molecule has 24 heavy (non-hydrogen) atoms. The zero-order valence-corrected chi connectivity index (χ0v) is 13.7. The van der Waals surface area contributed by atoms with E-state index in [-0.39, 0.29) is 18.2 Å². The van der Waals surface area contributed by atoms with Crippen molar-refractivity contribution in [2.75, 3.05) is 19.0 Å². The first kappa shape index (κ1) is 17.3. The van der Waals surface area contributed by atoms with Crippen molar-refractivity contribution in [3.63, 3.8) is 0 Å². The Hall–Kier alpha value is -3.02. The van der Waals surface area contributed by atoms with Crippen LogP contribution in [0.4, 0.5) is 5.69 Å². The summed E-state index contributed by atoms with van der Waals surface area (Å²) in [5.74, 6) is 0.608. The number of nitrogens with zero attached hydrogens (tertiary/aromatic N) is 1. The molecule has 0 saturated carbocycles. The number of carbonyl (C=O) groups is 1. The average Bonchev–Trinajstić information content (AvgIpc) is 2.62. The molecule has 0 heterocycles. The Balaban J connectivity index is 1.94. The van der Waals surface area contributed by atoms with E-state index in [0.29, 0.717) is 12.2 Å². The molecule has 2 rings (SSSR count). The number of phenols is 1. The normalized spacial score (nSPS) is 11.0. The molecule has 0 saturated heterocycles. The molecule has 0 aliphatic heterocycles. The Bertz CT molecular complexity index is 712. The van der Waals surface area contributed by atoms with Crippen molar-refractivity contribution in [2.24, 2.45) is 5.10 Å². The molecule has 0 bridgehead atoms. The van der Waals surface area contributed by atoms with Crippen molar-refractivity contribution in [1.82, 2.24) is 5.43 Å². The molecule has 0 radical (unpaired) electrons. The van der Waals surface area contributed by atoms with E-state index in [1.807, 2.05) is 31.2 Å². The van der Waals surface area contributed by atoms with Gasteiger partial charge in [-0.25, -0.2) is 5.43 Å². The van der Waals surface area contributed by atoms with Crippen molar-refractivity contribution in [2.45, 2.75) is 13.3 Å². The minimum absolute atomic E-state index is 0.0798. The van der Waals surface area contributed by atoms with Gasteiger partial charge in [0.2, 0.25) is 0 Å². The predicted octanol–water partition coefficient (Wildman–Crippen LogP) is 2.74. The number of anilines is 1. The summed E-state index contributed by atoms with van der Waals surface area (Å²) in [6.45, 7) is 2.03. The van der Waals surface area contributed by atoms with Gasteiger partial charge in [0.25, 0.3) is 5.91 Å². The van der Waals surface area contributed by atoms with E-state index in [0.717, 1.165) is 17.0 Å². The highest BCUT2D eigenvalue weighted by molar-refractivity contribution is 6.01. The first-order chi connectivity index (χ1) is 11.6. The van der Waals surface area contributed by atoms with Crippen LogP contribution < -0.4 is 15.5 Å². The third-order valence-electron chi connectivity index (χ3n) is 3.40. The second-order valence-corrected chi connectivity index (χ2v) is 5.05. The molecule has 0 aliphatic rings. The largest absolute Gasteiger partial charge is 0.508 e. The van der Waals surface area contributed by atoms with Crippen LogP contribution in [0, 0.1) is 0 Å². The lowest BCUT2D eigenvalue weighted by atomic mass is 10.1. The minimum Gasteiger partial charge on any atom is -0.508 e. The van der Waals surface area contributed by atoms with Crippen LogP contribution in [0.15, 0.2) is 53.6 Å².